The predicted octanol–water partition coefficient (Wildman–Crippen LogP) is 2.63. The number of fused-ring (bicyclic) bond motifs is 1. The lowest BCUT2D eigenvalue weighted by atomic mass is 10.0. The average molecular weight is 412 g/mol. The molecule has 6 nitrogen and oxygen atoms in total. The van der Waals surface area contributed by atoms with E-state index in [-0.39, 0.29) is 25.2 Å². The Labute approximate surface area is 174 Å². The van der Waals surface area contributed by atoms with Gasteiger partial charge >= 0.3 is 0 Å². The lowest BCUT2D eigenvalue weighted by molar-refractivity contribution is -0.0289. The molecule has 1 saturated heterocycles. The van der Waals surface area contributed by atoms with Crippen molar-refractivity contribution in [3.05, 3.63) is 64.7 Å². The van der Waals surface area contributed by atoms with E-state index >= 15 is 0 Å². The van der Waals surface area contributed by atoms with Gasteiger partial charge in [-0.2, -0.15) is 0 Å². The topological polar surface area (TPSA) is 74.7 Å². The quantitative estimate of drug-likeness (QED) is 0.625. The number of thiophene rings is 1. The van der Waals surface area contributed by atoms with Crippen molar-refractivity contribution in [1.82, 2.24) is 15.2 Å². The summed E-state index contributed by atoms with van der Waals surface area (Å²) in [6.45, 7) is 3.36. The van der Waals surface area contributed by atoms with Crippen molar-refractivity contribution in [2.75, 3.05) is 39.4 Å². The number of ether oxygens (including phenoxy) is 1. The van der Waals surface area contributed by atoms with E-state index in [4.69, 9.17) is 9.84 Å². The van der Waals surface area contributed by atoms with Gasteiger partial charge in [0.05, 0.1) is 19.3 Å². The third-order valence-electron chi connectivity index (χ3n) is 5.14. The summed E-state index contributed by atoms with van der Waals surface area (Å²) in [5, 5.41) is 12.8. The van der Waals surface area contributed by atoms with Crippen LogP contribution in [0, 0.1) is 0 Å². The number of hydrogen-bond donors (Lipinski definition) is 2. The highest BCUT2D eigenvalue weighted by Gasteiger charge is 2.29. The Balaban J connectivity index is 1.55. The first-order valence-corrected chi connectivity index (χ1v) is 10.7. The van der Waals surface area contributed by atoms with E-state index in [9.17, 15) is 4.79 Å². The number of rotatable bonds is 7. The summed E-state index contributed by atoms with van der Waals surface area (Å²) < 4.78 is 6.12. The Hall–Kier alpha value is -2.32. The van der Waals surface area contributed by atoms with Crippen LogP contribution in [0.25, 0.3) is 10.2 Å². The monoisotopic (exact) mass is 411 g/mol. The molecule has 0 saturated carbocycles. The van der Waals surface area contributed by atoms with Gasteiger partial charge in [-0.15, -0.1) is 11.3 Å². The first kappa shape index (κ1) is 20.0. The van der Waals surface area contributed by atoms with Gasteiger partial charge < -0.3 is 15.2 Å². The number of hydrogen-bond acceptors (Lipinski definition) is 6. The van der Waals surface area contributed by atoms with E-state index < -0.39 is 0 Å². The van der Waals surface area contributed by atoms with Crippen LogP contribution in [0.1, 0.15) is 26.9 Å². The molecular formula is C22H25N3O3S. The average Bonchev–Trinajstić information content (AvgIpc) is 3.17. The zero-order chi connectivity index (χ0) is 20.1. The highest BCUT2D eigenvalue weighted by Crippen LogP contribution is 2.37. The molecule has 0 radical (unpaired) electrons. The number of pyridine rings is 1. The summed E-state index contributed by atoms with van der Waals surface area (Å²) in [5.74, 6) is -0.179. The molecule has 3 heterocycles. The van der Waals surface area contributed by atoms with Gasteiger partial charge in [-0.25, -0.2) is 4.98 Å². The van der Waals surface area contributed by atoms with Crippen LogP contribution in [-0.2, 0) is 11.2 Å². The summed E-state index contributed by atoms with van der Waals surface area (Å²) in [6, 6.07) is 14.4. The molecule has 0 bridgehead atoms. The Bertz CT molecular complexity index is 960. The number of aromatic nitrogens is 1. The fourth-order valence-corrected chi connectivity index (χ4v) is 4.81. The lowest BCUT2D eigenvalue weighted by Crippen LogP contribution is -2.40. The second-order valence-electron chi connectivity index (χ2n) is 7.08. The molecule has 0 aliphatic carbocycles. The molecule has 1 fully saturated rings. The fourth-order valence-electron chi connectivity index (χ4n) is 3.70. The van der Waals surface area contributed by atoms with Crippen molar-refractivity contribution in [3.63, 3.8) is 0 Å². The SMILES string of the molecule is O=C(NCCO)c1sc2ncccc2c1[C@H]1CN(CCc2ccccc2)CCO1. The highest BCUT2D eigenvalue weighted by atomic mass is 32.1. The zero-order valence-electron chi connectivity index (χ0n) is 16.2. The summed E-state index contributed by atoms with van der Waals surface area (Å²) in [5.41, 5.74) is 2.24. The molecule has 1 aliphatic rings. The number of morpholine rings is 1. The minimum atomic E-state index is -0.179. The zero-order valence-corrected chi connectivity index (χ0v) is 17.0. The molecular weight excluding hydrogens is 386 g/mol. The minimum absolute atomic E-state index is 0.0859. The van der Waals surface area contributed by atoms with Gasteiger partial charge in [-0.1, -0.05) is 36.4 Å². The predicted molar refractivity (Wildman–Crippen MR) is 114 cm³/mol. The van der Waals surface area contributed by atoms with Crippen LogP contribution < -0.4 is 5.32 Å². The number of nitrogens with one attached hydrogen (secondary N) is 1. The van der Waals surface area contributed by atoms with Gasteiger partial charge in [-0.05, 0) is 18.1 Å². The Kier molecular flexibility index (Phi) is 6.51. The normalized spacial score (nSPS) is 17.5. The number of amides is 1. The van der Waals surface area contributed by atoms with E-state index in [2.05, 4.69) is 39.5 Å². The molecule has 152 valence electrons. The van der Waals surface area contributed by atoms with Crippen LogP contribution in [0.5, 0.6) is 0 Å². The van der Waals surface area contributed by atoms with E-state index in [1.165, 1.54) is 16.9 Å². The van der Waals surface area contributed by atoms with Crippen LogP contribution in [0.15, 0.2) is 48.7 Å². The van der Waals surface area contributed by atoms with Crippen molar-refractivity contribution < 1.29 is 14.6 Å². The van der Waals surface area contributed by atoms with Crippen molar-refractivity contribution >= 4 is 27.5 Å². The number of nitrogens with zero attached hydrogens (tertiary/aromatic N) is 2. The third-order valence-corrected chi connectivity index (χ3v) is 6.27. The summed E-state index contributed by atoms with van der Waals surface area (Å²) in [4.78, 5) is 21.0. The molecule has 0 spiro atoms. The van der Waals surface area contributed by atoms with E-state index in [1.54, 1.807) is 6.20 Å². The molecule has 3 aromatic rings. The second-order valence-corrected chi connectivity index (χ2v) is 8.08. The van der Waals surface area contributed by atoms with Crippen molar-refractivity contribution in [3.8, 4) is 0 Å². The molecule has 7 heteroatoms. The van der Waals surface area contributed by atoms with Gasteiger partial charge in [0.25, 0.3) is 5.91 Å². The summed E-state index contributed by atoms with van der Waals surface area (Å²) >= 11 is 1.38. The highest BCUT2D eigenvalue weighted by molar-refractivity contribution is 7.20. The maximum Gasteiger partial charge on any atom is 0.261 e. The number of aliphatic hydroxyl groups is 1. The molecule has 1 aliphatic heterocycles. The van der Waals surface area contributed by atoms with Crippen molar-refractivity contribution in [1.29, 1.82) is 0 Å². The first-order valence-electron chi connectivity index (χ1n) is 9.90. The molecule has 1 amide bonds. The minimum Gasteiger partial charge on any atom is -0.395 e. The van der Waals surface area contributed by atoms with Crippen LogP contribution in [0.4, 0.5) is 0 Å². The van der Waals surface area contributed by atoms with Crippen LogP contribution in [0.3, 0.4) is 0 Å². The Morgan fingerprint density at radius 2 is 2.14 bits per heavy atom. The Morgan fingerprint density at radius 3 is 2.97 bits per heavy atom. The fraction of sp³-hybridized carbons (Fsp3) is 0.364. The molecule has 4 rings (SSSR count). The molecule has 0 unspecified atom stereocenters. The van der Waals surface area contributed by atoms with E-state index in [1.807, 2.05) is 18.2 Å². The van der Waals surface area contributed by atoms with Crippen molar-refractivity contribution in [2.45, 2.75) is 12.5 Å². The van der Waals surface area contributed by atoms with Gasteiger partial charge in [0.15, 0.2) is 0 Å². The molecule has 1 atom stereocenters. The smallest absolute Gasteiger partial charge is 0.261 e. The van der Waals surface area contributed by atoms with Crippen LogP contribution in [-0.4, -0.2) is 60.3 Å². The Morgan fingerprint density at radius 1 is 1.28 bits per heavy atom. The van der Waals surface area contributed by atoms with E-state index in [0.717, 1.165) is 41.8 Å². The largest absolute Gasteiger partial charge is 0.395 e. The van der Waals surface area contributed by atoms with Crippen LogP contribution in [0.2, 0.25) is 0 Å². The van der Waals surface area contributed by atoms with Gasteiger partial charge in [0, 0.05) is 43.3 Å². The molecule has 2 aromatic heterocycles. The molecule has 2 N–H and O–H groups in total. The second kappa shape index (κ2) is 9.45. The third kappa shape index (κ3) is 4.64. The summed E-state index contributed by atoms with van der Waals surface area (Å²) in [7, 11) is 0. The maximum absolute atomic E-state index is 12.7. The van der Waals surface area contributed by atoms with Crippen LogP contribution >= 0.6 is 11.3 Å². The molecule has 1 aromatic carbocycles. The number of aliphatic hydroxyl groups excluding tert-OH is 1. The summed E-state index contributed by atoms with van der Waals surface area (Å²) in [6.07, 6.45) is 2.56. The molecule has 29 heavy (non-hydrogen) atoms. The van der Waals surface area contributed by atoms with Gasteiger partial charge in [0.1, 0.15) is 9.71 Å². The number of carbonyl (C=O) groups excluding carboxylic acids is 1. The van der Waals surface area contributed by atoms with Gasteiger partial charge in [-0.3, -0.25) is 9.69 Å². The number of carbonyl (C=O) groups is 1. The standard InChI is InChI=1S/C22H25N3O3S/c26-13-10-23-21(27)20-19(17-7-4-9-24-22(17)29-20)18-15-25(12-14-28-18)11-8-16-5-2-1-3-6-16/h1-7,9,18,26H,8,10-15H2,(H,23,27)/t18-/m1/s1. The van der Waals surface area contributed by atoms with Gasteiger partial charge in [0.2, 0.25) is 0 Å². The lowest BCUT2D eigenvalue weighted by Gasteiger charge is -2.33. The van der Waals surface area contributed by atoms with Crippen molar-refractivity contribution in [2.24, 2.45) is 0 Å². The van der Waals surface area contributed by atoms with E-state index in [0.29, 0.717) is 11.5 Å². The number of benzene rings is 1. The first-order chi connectivity index (χ1) is 14.3. The maximum atomic E-state index is 12.7.